The summed E-state index contributed by atoms with van der Waals surface area (Å²) in [6.07, 6.45) is 14.7. The zero-order valence-electron chi connectivity index (χ0n) is 14.2. The van der Waals surface area contributed by atoms with E-state index in [2.05, 4.69) is 63.7 Å². The van der Waals surface area contributed by atoms with Gasteiger partial charge in [-0.2, -0.15) is 0 Å². The minimum Gasteiger partial charge on any atom is -0.295 e. The van der Waals surface area contributed by atoms with E-state index in [1.807, 2.05) is 0 Å². The van der Waals surface area contributed by atoms with Gasteiger partial charge in [-0.1, -0.05) is 133 Å². The molecule has 0 aliphatic heterocycles. The molecule has 4 unspecified atom stereocenters. The van der Waals surface area contributed by atoms with E-state index in [9.17, 15) is 4.79 Å². The van der Waals surface area contributed by atoms with Gasteiger partial charge in [0.25, 0.3) is 0 Å². The van der Waals surface area contributed by atoms with E-state index in [0.29, 0.717) is 16.1 Å². The Hall–Kier alpha value is 1.88. The monoisotopic (exact) mass is 612 g/mol. The molecule has 0 heterocycles. The number of ketones is 1. The van der Waals surface area contributed by atoms with Crippen LogP contribution in [-0.4, -0.2) is 24.0 Å². The molecule has 1 aliphatic rings. The second-order valence-electron chi connectivity index (χ2n) is 6.87. The van der Waals surface area contributed by atoms with Gasteiger partial charge in [-0.05, 0) is 25.7 Å². The van der Waals surface area contributed by atoms with Crippen LogP contribution in [-0.2, 0) is 4.79 Å². The normalized spacial score (nSPS) is 36.7. The lowest BCUT2D eigenvalue weighted by molar-refractivity contribution is -0.119. The molecule has 1 nitrogen and oxygen atoms in total. The number of rotatable bonds is 0. The quantitative estimate of drug-likeness (QED) is 0.251. The Balaban J connectivity index is 2.50. The third kappa shape index (κ3) is 9.71. The number of halogens is 5. The molecule has 0 amide bonds. The van der Waals surface area contributed by atoms with Crippen molar-refractivity contribution in [1.29, 1.82) is 0 Å². The second kappa shape index (κ2) is 13.1. The molecular weight excluding hydrogens is 587 g/mol. The summed E-state index contributed by atoms with van der Waals surface area (Å²) in [5, 5.41) is 0. The van der Waals surface area contributed by atoms with Crippen LogP contribution in [0.5, 0.6) is 0 Å². The lowest BCUT2D eigenvalue weighted by Gasteiger charge is -2.22. The van der Waals surface area contributed by atoms with Crippen molar-refractivity contribution in [2.24, 2.45) is 0 Å². The molecule has 6 heteroatoms. The third-order valence-corrected chi connectivity index (χ3v) is 9.63. The van der Waals surface area contributed by atoms with Crippen LogP contribution < -0.4 is 0 Å². The van der Waals surface area contributed by atoms with Gasteiger partial charge >= 0.3 is 0 Å². The van der Waals surface area contributed by atoms with Gasteiger partial charge in [0.2, 0.25) is 0 Å². The van der Waals surface area contributed by atoms with Crippen molar-refractivity contribution in [1.82, 2.24) is 0 Å². The fraction of sp³-hybridized carbons (Fsp3) is 0.944. The molecule has 0 aromatic carbocycles. The van der Waals surface area contributed by atoms with Gasteiger partial charge in [-0.15, -0.1) is 0 Å². The van der Waals surface area contributed by atoms with Crippen LogP contribution in [0.3, 0.4) is 0 Å². The largest absolute Gasteiger partial charge is 0.295 e. The molecule has 4 atom stereocenters. The Kier molecular flexibility index (Phi) is 13.1. The Bertz CT molecular complexity index is 365. The molecule has 0 bridgehead atoms. The summed E-state index contributed by atoms with van der Waals surface area (Å²) in [4.78, 5) is 13.5. The van der Waals surface area contributed by atoms with Crippen LogP contribution in [0.2, 0.25) is 0 Å². The number of hydrogen-bond donors (Lipinski definition) is 0. The van der Waals surface area contributed by atoms with E-state index in [1.54, 1.807) is 0 Å². The Morgan fingerprint density at radius 2 is 1.17 bits per heavy atom. The third-order valence-electron chi connectivity index (χ3n) is 4.70. The minimum atomic E-state index is -0.892. The molecule has 1 saturated carbocycles. The summed E-state index contributed by atoms with van der Waals surface area (Å²) in [6.45, 7) is 0. The van der Waals surface area contributed by atoms with Crippen LogP contribution in [0.1, 0.15) is 83.5 Å². The van der Waals surface area contributed by atoms with Crippen molar-refractivity contribution in [3.05, 3.63) is 0 Å². The number of carbonyl (C=O) groups is 1. The Labute approximate surface area is 186 Å². The molecular formula is C18H29Br4ClO. The molecule has 0 spiro atoms. The number of alkyl halides is 5. The molecule has 0 saturated heterocycles. The highest BCUT2D eigenvalue weighted by Crippen LogP contribution is 2.35. The van der Waals surface area contributed by atoms with Crippen molar-refractivity contribution >= 4 is 81.1 Å². The van der Waals surface area contributed by atoms with Crippen LogP contribution in [0.15, 0.2) is 0 Å². The van der Waals surface area contributed by atoms with E-state index in [-0.39, 0.29) is 10.6 Å². The van der Waals surface area contributed by atoms with Gasteiger partial charge in [0, 0.05) is 9.65 Å². The molecule has 1 fully saturated rings. The number of Topliss-reactive ketones (excluding diaryl/α,β-unsaturated/α-hetero) is 1. The standard InChI is InChI=1S/C18H29Br4ClO/c19-14-10-6-2-1-5-9-13-18(22,23)17(24)16(21)12-8-4-3-7-11-15(14)20/h14-16H,1-13H2. The number of carbonyl (C=O) groups excluding carboxylic acids is 1. The average Bonchev–Trinajstić information content (AvgIpc) is 2.54. The van der Waals surface area contributed by atoms with Gasteiger partial charge in [0.05, 0.1) is 4.83 Å². The van der Waals surface area contributed by atoms with Crippen molar-refractivity contribution in [2.45, 2.75) is 102 Å². The Morgan fingerprint density at radius 1 is 0.750 bits per heavy atom. The first kappa shape index (κ1) is 23.9. The van der Waals surface area contributed by atoms with Crippen molar-refractivity contribution in [3.8, 4) is 0 Å². The van der Waals surface area contributed by atoms with E-state index in [0.717, 1.165) is 25.7 Å². The summed E-state index contributed by atoms with van der Waals surface area (Å²) < 4.78 is -0.892. The summed E-state index contributed by atoms with van der Waals surface area (Å²) in [6, 6.07) is 0. The highest BCUT2D eigenvalue weighted by Gasteiger charge is 2.36. The Morgan fingerprint density at radius 3 is 1.71 bits per heavy atom. The first-order valence-corrected chi connectivity index (χ1v) is 13.1. The molecule has 0 radical (unpaired) electrons. The average molecular weight is 616 g/mol. The second-order valence-corrected chi connectivity index (χ2v) is 12.8. The summed E-state index contributed by atoms with van der Waals surface area (Å²) in [5.41, 5.74) is 0. The SMILES string of the molecule is O=C1C(Br)CCCCCCC(Br)C(Br)CCCCCCCC1(Cl)Br. The lowest BCUT2D eigenvalue weighted by atomic mass is 10.0. The van der Waals surface area contributed by atoms with E-state index >= 15 is 0 Å². The number of hydrogen-bond acceptors (Lipinski definition) is 1. The topological polar surface area (TPSA) is 17.1 Å². The molecule has 1 rings (SSSR count). The van der Waals surface area contributed by atoms with Crippen LogP contribution >= 0.6 is 75.3 Å². The van der Waals surface area contributed by atoms with E-state index in [4.69, 9.17) is 11.6 Å². The highest BCUT2D eigenvalue weighted by atomic mass is 79.9. The first-order valence-electron chi connectivity index (χ1n) is 9.19. The summed E-state index contributed by atoms with van der Waals surface area (Å²) >= 11 is 21.1. The fourth-order valence-corrected chi connectivity index (χ4v) is 6.23. The summed E-state index contributed by atoms with van der Waals surface area (Å²) in [7, 11) is 0. The maximum absolute atomic E-state index is 12.5. The van der Waals surface area contributed by atoms with Gasteiger partial charge in [-0.25, -0.2) is 0 Å². The molecule has 0 aromatic rings. The molecule has 24 heavy (non-hydrogen) atoms. The highest BCUT2D eigenvalue weighted by molar-refractivity contribution is 9.12. The predicted octanol–water partition coefficient (Wildman–Crippen LogP) is 8.26. The van der Waals surface area contributed by atoms with E-state index in [1.165, 1.54) is 51.4 Å². The zero-order chi connectivity index (χ0) is 18.0. The van der Waals surface area contributed by atoms with Crippen molar-refractivity contribution in [3.63, 3.8) is 0 Å². The van der Waals surface area contributed by atoms with Gasteiger partial charge < -0.3 is 0 Å². The van der Waals surface area contributed by atoms with Gasteiger partial charge in [-0.3, -0.25) is 4.79 Å². The lowest BCUT2D eigenvalue weighted by Crippen LogP contribution is -2.32. The van der Waals surface area contributed by atoms with Gasteiger partial charge in [0.1, 0.15) is 0 Å². The fourth-order valence-electron chi connectivity index (χ4n) is 3.08. The predicted molar refractivity (Wildman–Crippen MR) is 121 cm³/mol. The van der Waals surface area contributed by atoms with E-state index < -0.39 is 3.78 Å². The first-order chi connectivity index (χ1) is 11.3. The minimum absolute atomic E-state index is 0.0907. The zero-order valence-corrected chi connectivity index (χ0v) is 21.3. The van der Waals surface area contributed by atoms with Crippen LogP contribution in [0.4, 0.5) is 0 Å². The molecule has 1 aliphatic carbocycles. The molecule has 142 valence electrons. The van der Waals surface area contributed by atoms with Crippen molar-refractivity contribution < 1.29 is 4.79 Å². The maximum Gasteiger partial charge on any atom is 0.178 e. The van der Waals surface area contributed by atoms with Crippen LogP contribution in [0, 0.1) is 0 Å². The van der Waals surface area contributed by atoms with Gasteiger partial charge in [0.15, 0.2) is 9.57 Å². The molecule has 0 N–H and O–H groups in total. The van der Waals surface area contributed by atoms with Crippen LogP contribution in [0.25, 0.3) is 0 Å². The summed E-state index contributed by atoms with van der Waals surface area (Å²) in [5.74, 6) is 0.0907. The van der Waals surface area contributed by atoms with Crippen molar-refractivity contribution in [2.75, 3.05) is 0 Å². The molecule has 0 aromatic heterocycles. The maximum atomic E-state index is 12.5. The smallest absolute Gasteiger partial charge is 0.178 e.